The van der Waals surface area contributed by atoms with E-state index in [4.69, 9.17) is 4.74 Å². The van der Waals surface area contributed by atoms with Gasteiger partial charge in [-0.1, -0.05) is 30.3 Å². The Morgan fingerprint density at radius 3 is 2.47 bits per heavy atom. The first-order valence-electron chi connectivity index (χ1n) is 9.69. The highest BCUT2D eigenvalue weighted by atomic mass is 32.2. The van der Waals surface area contributed by atoms with E-state index in [1.807, 2.05) is 24.3 Å². The van der Waals surface area contributed by atoms with Gasteiger partial charge in [-0.15, -0.1) is 0 Å². The SMILES string of the molecule is COc1cccc(C(CNS(=O)(=O)Cc2cccc(C(F)(F)F)c2)N2CCCC2)c1. The Morgan fingerprint density at radius 2 is 1.80 bits per heavy atom. The van der Waals surface area contributed by atoms with Gasteiger partial charge >= 0.3 is 6.18 Å². The first-order valence-corrected chi connectivity index (χ1v) is 11.3. The van der Waals surface area contributed by atoms with Gasteiger partial charge in [0.15, 0.2) is 0 Å². The first-order chi connectivity index (χ1) is 14.2. The van der Waals surface area contributed by atoms with Crippen molar-refractivity contribution in [2.45, 2.75) is 30.8 Å². The van der Waals surface area contributed by atoms with Crippen molar-refractivity contribution in [1.29, 1.82) is 0 Å². The number of hydrogen-bond donors (Lipinski definition) is 1. The molecule has 0 spiro atoms. The molecule has 1 heterocycles. The van der Waals surface area contributed by atoms with E-state index in [2.05, 4.69) is 9.62 Å². The van der Waals surface area contributed by atoms with Gasteiger partial charge in [-0.25, -0.2) is 13.1 Å². The van der Waals surface area contributed by atoms with Crippen molar-refractivity contribution < 1.29 is 26.3 Å². The van der Waals surface area contributed by atoms with Gasteiger partial charge in [0.2, 0.25) is 10.0 Å². The second kappa shape index (κ2) is 9.36. The number of halogens is 3. The van der Waals surface area contributed by atoms with Gasteiger partial charge in [0, 0.05) is 12.6 Å². The van der Waals surface area contributed by atoms with Crippen LogP contribution in [-0.4, -0.2) is 40.1 Å². The highest BCUT2D eigenvalue weighted by molar-refractivity contribution is 7.88. The lowest BCUT2D eigenvalue weighted by Gasteiger charge is -2.28. The molecule has 2 aromatic carbocycles. The maximum Gasteiger partial charge on any atom is 0.416 e. The van der Waals surface area contributed by atoms with Crippen LogP contribution in [0.25, 0.3) is 0 Å². The number of ether oxygens (including phenoxy) is 1. The predicted octanol–water partition coefficient (Wildman–Crippen LogP) is 3.97. The zero-order valence-corrected chi connectivity index (χ0v) is 17.5. The van der Waals surface area contributed by atoms with Crippen LogP contribution in [0.5, 0.6) is 5.75 Å². The van der Waals surface area contributed by atoms with Gasteiger partial charge in [-0.3, -0.25) is 4.90 Å². The van der Waals surface area contributed by atoms with Gasteiger partial charge in [0.05, 0.1) is 18.4 Å². The molecule has 164 valence electrons. The third-order valence-corrected chi connectivity index (χ3v) is 6.49. The van der Waals surface area contributed by atoms with Crippen molar-refractivity contribution in [1.82, 2.24) is 9.62 Å². The first kappa shape index (κ1) is 22.6. The van der Waals surface area contributed by atoms with Crippen LogP contribution >= 0.6 is 0 Å². The van der Waals surface area contributed by atoms with Crippen molar-refractivity contribution in [2.75, 3.05) is 26.7 Å². The zero-order valence-electron chi connectivity index (χ0n) is 16.7. The lowest BCUT2D eigenvalue weighted by atomic mass is 10.1. The molecular weight excluding hydrogens is 417 g/mol. The summed E-state index contributed by atoms with van der Waals surface area (Å²) >= 11 is 0. The summed E-state index contributed by atoms with van der Waals surface area (Å²) in [6.07, 6.45) is -2.44. The van der Waals surface area contributed by atoms with Crippen molar-refractivity contribution in [2.24, 2.45) is 0 Å². The van der Waals surface area contributed by atoms with Crippen LogP contribution in [0.1, 0.15) is 35.6 Å². The molecule has 1 aliphatic rings. The van der Waals surface area contributed by atoms with Crippen molar-refractivity contribution in [3.63, 3.8) is 0 Å². The Balaban J connectivity index is 1.74. The van der Waals surface area contributed by atoms with Gasteiger partial charge < -0.3 is 4.74 Å². The largest absolute Gasteiger partial charge is 0.497 e. The lowest BCUT2D eigenvalue weighted by Crippen LogP contribution is -2.37. The third-order valence-electron chi connectivity index (χ3n) is 5.17. The molecule has 1 saturated heterocycles. The molecular formula is C21H25F3N2O3S. The Morgan fingerprint density at radius 1 is 1.10 bits per heavy atom. The zero-order chi connectivity index (χ0) is 21.8. The smallest absolute Gasteiger partial charge is 0.416 e. The molecule has 1 unspecified atom stereocenters. The normalized spacial score (nSPS) is 16.5. The van der Waals surface area contributed by atoms with E-state index in [0.717, 1.165) is 43.6 Å². The Hall–Kier alpha value is -2.10. The molecule has 30 heavy (non-hydrogen) atoms. The minimum Gasteiger partial charge on any atom is -0.497 e. The second-order valence-electron chi connectivity index (χ2n) is 7.34. The van der Waals surface area contributed by atoms with E-state index < -0.39 is 27.5 Å². The fourth-order valence-corrected chi connectivity index (χ4v) is 4.81. The number of nitrogens with zero attached hydrogens (tertiary/aromatic N) is 1. The second-order valence-corrected chi connectivity index (χ2v) is 9.15. The number of hydrogen-bond acceptors (Lipinski definition) is 4. The Bertz CT molecular complexity index is 958. The Labute approximate surface area is 174 Å². The minimum atomic E-state index is -4.51. The molecule has 9 heteroatoms. The fourth-order valence-electron chi connectivity index (χ4n) is 3.67. The van der Waals surface area contributed by atoms with E-state index in [1.165, 1.54) is 12.1 Å². The number of alkyl halides is 3. The average molecular weight is 443 g/mol. The summed E-state index contributed by atoms with van der Waals surface area (Å²) in [6.45, 7) is 1.85. The number of rotatable bonds is 8. The number of benzene rings is 2. The number of sulfonamides is 1. The maximum atomic E-state index is 12.9. The summed E-state index contributed by atoms with van der Waals surface area (Å²) < 4.78 is 71.8. The number of likely N-dealkylation sites (tertiary alicyclic amines) is 1. The van der Waals surface area contributed by atoms with Gasteiger partial charge in [-0.2, -0.15) is 13.2 Å². The van der Waals surface area contributed by atoms with Crippen molar-refractivity contribution >= 4 is 10.0 Å². The average Bonchev–Trinajstić information content (AvgIpc) is 3.22. The van der Waals surface area contributed by atoms with Gasteiger partial charge in [-0.05, 0) is 55.3 Å². The van der Waals surface area contributed by atoms with Gasteiger partial charge in [0.1, 0.15) is 5.75 Å². The van der Waals surface area contributed by atoms with E-state index in [-0.39, 0.29) is 18.2 Å². The van der Waals surface area contributed by atoms with E-state index in [1.54, 1.807) is 7.11 Å². The van der Waals surface area contributed by atoms with Crippen molar-refractivity contribution in [3.8, 4) is 5.75 Å². The minimum absolute atomic E-state index is 0.0939. The van der Waals surface area contributed by atoms with Crippen LogP contribution in [-0.2, 0) is 22.0 Å². The molecule has 0 aromatic heterocycles. The molecule has 0 radical (unpaired) electrons. The molecule has 1 fully saturated rings. The highest BCUT2D eigenvalue weighted by Crippen LogP contribution is 2.30. The summed E-state index contributed by atoms with van der Waals surface area (Å²) in [5.74, 6) is 0.172. The molecule has 1 aliphatic heterocycles. The maximum absolute atomic E-state index is 12.9. The summed E-state index contributed by atoms with van der Waals surface area (Å²) in [4.78, 5) is 2.21. The van der Waals surface area contributed by atoms with Gasteiger partial charge in [0.25, 0.3) is 0 Å². The number of nitrogens with one attached hydrogen (secondary N) is 1. The van der Waals surface area contributed by atoms with E-state index in [9.17, 15) is 21.6 Å². The van der Waals surface area contributed by atoms with Crippen LogP contribution in [0.4, 0.5) is 13.2 Å². The molecule has 1 N–H and O–H groups in total. The Kier molecular flexibility index (Phi) is 7.05. The summed E-state index contributed by atoms with van der Waals surface area (Å²) in [7, 11) is -2.25. The standard InChI is InChI=1S/C21H25F3N2O3S/c1-29-19-9-5-7-17(13-19)20(26-10-2-3-11-26)14-25-30(27,28)15-16-6-4-8-18(12-16)21(22,23)24/h4-9,12-13,20,25H,2-3,10-11,14-15H2,1H3. The third kappa shape index (κ3) is 5.96. The molecule has 5 nitrogen and oxygen atoms in total. The molecule has 0 bridgehead atoms. The topological polar surface area (TPSA) is 58.6 Å². The summed E-state index contributed by atoms with van der Waals surface area (Å²) in [5, 5.41) is 0. The summed E-state index contributed by atoms with van der Waals surface area (Å²) in [6, 6.07) is 11.7. The fraction of sp³-hybridized carbons (Fsp3) is 0.429. The van der Waals surface area contributed by atoms with Crippen LogP contribution in [0.2, 0.25) is 0 Å². The quantitative estimate of drug-likeness (QED) is 0.672. The number of methoxy groups -OCH3 is 1. The van der Waals surface area contributed by atoms with Crippen LogP contribution in [0.15, 0.2) is 48.5 Å². The molecule has 0 saturated carbocycles. The monoisotopic (exact) mass is 442 g/mol. The molecule has 3 rings (SSSR count). The molecule has 1 atom stereocenters. The molecule has 2 aromatic rings. The molecule has 0 aliphatic carbocycles. The van der Waals surface area contributed by atoms with Crippen LogP contribution in [0.3, 0.4) is 0 Å². The van der Waals surface area contributed by atoms with Crippen LogP contribution in [0, 0.1) is 0 Å². The van der Waals surface area contributed by atoms with E-state index >= 15 is 0 Å². The highest BCUT2D eigenvalue weighted by Gasteiger charge is 2.31. The molecule has 0 amide bonds. The predicted molar refractivity (Wildman–Crippen MR) is 109 cm³/mol. The van der Waals surface area contributed by atoms with E-state index in [0.29, 0.717) is 5.75 Å². The summed E-state index contributed by atoms with van der Waals surface area (Å²) in [5.41, 5.74) is 0.163. The lowest BCUT2D eigenvalue weighted by molar-refractivity contribution is -0.137. The van der Waals surface area contributed by atoms with Crippen LogP contribution < -0.4 is 9.46 Å². The van der Waals surface area contributed by atoms with Crippen molar-refractivity contribution in [3.05, 3.63) is 65.2 Å².